The highest BCUT2D eigenvalue weighted by Crippen LogP contribution is 2.31. The van der Waals surface area contributed by atoms with Crippen molar-refractivity contribution in [2.24, 2.45) is 0 Å². The lowest BCUT2D eigenvalue weighted by molar-refractivity contribution is 0.526. The zero-order chi connectivity index (χ0) is 13.8. The third-order valence-electron chi connectivity index (χ3n) is 3.28. The van der Waals surface area contributed by atoms with Crippen LogP contribution < -0.4 is 5.32 Å². The lowest BCUT2D eigenvalue weighted by Crippen LogP contribution is -2.24. The van der Waals surface area contributed by atoms with Gasteiger partial charge in [0.05, 0.1) is 6.04 Å². The van der Waals surface area contributed by atoms with E-state index in [0.29, 0.717) is 0 Å². The molecular weight excluding hydrogens is 284 g/mol. The minimum Gasteiger partial charge on any atom is -0.298 e. The molecule has 1 atom stereocenters. The van der Waals surface area contributed by atoms with Crippen molar-refractivity contribution in [2.75, 3.05) is 0 Å². The molecule has 0 aliphatic heterocycles. The van der Waals surface area contributed by atoms with E-state index in [9.17, 15) is 0 Å². The Bertz CT molecular complexity index is 584. The molecule has 1 N–H and O–H groups in total. The van der Waals surface area contributed by atoms with Crippen molar-refractivity contribution < 1.29 is 0 Å². The predicted octanol–water partition coefficient (Wildman–Crippen LogP) is 4.64. The van der Waals surface area contributed by atoms with Crippen molar-refractivity contribution in [3.8, 4) is 0 Å². The van der Waals surface area contributed by atoms with Gasteiger partial charge in [-0.1, -0.05) is 12.1 Å². The molecule has 3 aromatic heterocycles. The second kappa shape index (κ2) is 6.31. The van der Waals surface area contributed by atoms with Gasteiger partial charge in [-0.25, -0.2) is 0 Å². The number of rotatable bonds is 5. The van der Waals surface area contributed by atoms with Crippen molar-refractivity contribution in [2.45, 2.75) is 19.0 Å². The van der Waals surface area contributed by atoms with Crippen LogP contribution in [0.1, 0.15) is 34.3 Å². The molecule has 2 nitrogen and oxygen atoms in total. The van der Waals surface area contributed by atoms with Gasteiger partial charge in [0.1, 0.15) is 0 Å². The first-order chi connectivity index (χ1) is 9.84. The van der Waals surface area contributed by atoms with Gasteiger partial charge < -0.3 is 0 Å². The number of thiophene rings is 2. The van der Waals surface area contributed by atoms with Gasteiger partial charge in [-0.3, -0.25) is 10.3 Å². The Morgan fingerprint density at radius 2 is 1.55 bits per heavy atom. The first kappa shape index (κ1) is 13.5. The van der Waals surface area contributed by atoms with Crippen LogP contribution in [-0.4, -0.2) is 4.98 Å². The van der Waals surface area contributed by atoms with Crippen LogP contribution in [0, 0.1) is 0 Å². The van der Waals surface area contributed by atoms with E-state index >= 15 is 0 Å². The van der Waals surface area contributed by atoms with Crippen LogP contribution in [0.4, 0.5) is 0 Å². The van der Waals surface area contributed by atoms with Gasteiger partial charge in [-0.2, -0.15) is 0 Å². The van der Waals surface area contributed by atoms with Crippen molar-refractivity contribution in [3.05, 3.63) is 74.9 Å². The summed E-state index contributed by atoms with van der Waals surface area (Å²) in [5.74, 6) is 0. The summed E-state index contributed by atoms with van der Waals surface area (Å²) in [7, 11) is 0. The first-order valence-corrected chi connectivity index (χ1v) is 8.33. The number of hydrogen-bond acceptors (Lipinski definition) is 4. The van der Waals surface area contributed by atoms with E-state index in [4.69, 9.17) is 0 Å². The maximum atomic E-state index is 4.08. The molecule has 1 unspecified atom stereocenters. The lowest BCUT2D eigenvalue weighted by atomic mass is 10.1. The molecule has 0 aliphatic rings. The summed E-state index contributed by atoms with van der Waals surface area (Å²) in [5, 5.41) is 8.00. The predicted molar refractivity (Wildman–Crippen MR) is 86.3 cm³/mol. The average molecular weight is 300 g/mol. The summed E-state index contributed by atoms with van der Waals surface area (Å²) in [6.07, 6.45) is 3.69. The molecular formula is C16H16N2S2. The van der Waals surface area contributed by atoms with Crippen molar-refractivity contribution in [1.82, 2.24) is 10.3 Å². The standard InChI is InChI=1S/C16H16N2S2/c1-12(13-6-8-17-9-7-13)18-16(14-4-2-10-19-14)15-5-3-11-20-15/h2-12,16,18H,1H3. The zero-order valence-corrected chi connectivity index (χ0v) is 12.8. The third-order valence-corrected chi connectivity index (χ3v) is 5.15. The topological polar surface area (TPSA) is 24.9 Å². The van der Waals surface area contributed by atoms with Crippen LogP contribution in [-0.2, 0) is 0 Å². The largest absolute Gasteiger partial charge is 0.298 e. The number of hydrogen-bond donors (Lipinski definition) is 1. The van der Waals surface area contributed by atoms with Gasteiger partial charge in [0.15, 0.2) is 0 Å². The molecule has 0 amide bonds. The summed E-state index contributed by atoms with van der Waals surface area (Å²) in [5.41, 5.74) is 1.26. The molecule has 102 valence electrons. The summed E-state index contributed by atoms with van der Waals surface area (Å²) in [4.78, 5) is 6.79. The second-order valence-electron chi connectivity index (χ2n) is 4.63. The molecule has 3 aromatic rings. The van der Waals surface area contributed by atoms with E-state index in [1.165, 1.54) is 15.3 Å². The quantitative estimate of drug-likeness (QED) is 0.742. The number of nitrogens with zero attached hydrogens (tertiary/aromatic N) is 1. The van der Waals surface area contributed by atoms with Gasteiger partial charge in [0.2, 0.25) is 0 Å². The van der Waals surface area contributed by atoms with Gasteiger partial charge in [-0.15, -0.1) is 22.7 Å². The smallest absolute Gasteiger partial charge is 0.0769 e. The molecule has 3 rings (SSSR count). The van der Waals surface area contributed by atoms with Crippen LogP contribution in [0.15, 0.2) is 59.6 Å². The van der Waals surface area contributed by atoms with Crippen LogP contribution in [0.25, 0.3) is 0 Å². The van der Waals surface area contributed by atoms with Crippen molar-refractivity contribution in [3.63, 3.8) is 0 Å². The summed E-state index contributed by atoms with van der Waals surface area (Å²) in [6.45, 7) is 2.20. The van der Waals surface area contributed by atoms with E-state index in [2.05, 4.69) is 64.4 Å². The highest BCUT2D eigenvalue weighted by Gasteiger charge is 2.19. The Morgan fingerprint density at radius 1 is 0.950 bits per heavy atom. The van der Waals surface area contributed by atoms with Crippen LogP contribution >= 0.6 is 22.7 Å². The highest BCUT2D eigenvalue weighted by atomic mass is 32.1. The summed E-state index contributed by atoms with van der Waals surface area (Å²) >= 11 is 3.60. The highest BCUT2D eigenvalue weighted by molar-refractivity contribution is 7.11. The minimum absolute atomic E-state index is 0.262. The fraction of sp³-hybridized carbons (Fsp3) is 0.188. The number of aromatic nitrogens is 1. The fourth-order valence-electron chi connectivity index (χ4n) is 2.21. The Labute approximate surface area is 127 Å². The van der Waals surface area contributed by atoms with E-state index in [0.717, 1.165) is 0 Å². The molecule has 0 aliphatic carbocycles. The first-order valence-electron chi connectivity index (χ1n) is 6.57. The third kappa shape index (κ3) is 2.98. The van der Waals surface area contributed by atoms with Gasteiger partial charge in [0.25, 0.3) is 0 Å². The van der Waals surface area contributed by atoms with E-state index in [-0.39, 0.29) is 12.1 Å². The molecule has 0 aromatic carbocycles. The van der Waals surface area contributed by atoms with Gasteiger partial charge in [-0.05, 0) is 47.5 Å². The molecule has 3 heterocycles. The SMILES string of the molecule is CC(NC(c1cccs1)c1cccs1)c1ccncc1. The monoisotopic (exact) mass is 300 g/mol. The molecule has 0 radical (unpaired) electrons. The lowest BCUT2D eigenvalue weighted by Gasteiger charge is -2.22. The van der Waals surface area contributed by atoms with Crippen LogP contribution in [0.5, 0.6) is 0 Å². The zero-order valence-electron chi connectivity index (χ0n) is 11.2. The van der Waals surface area contributed by atoms with Crippen LogP contribution in [0.2, 0.25) is 0 Å². The molecule has 0 fully saturated rings. The molecule has 20 heavy (non-hydrogen) atoms. The summed E-state index contributed by atoms with van der Waals surface area (Å²) < 4.78 is 0. The summed E-state index contributed by atoms with van der Waals surface area (Å²) in [6, 6.07) is 13.3. The van der Waals surface area contributed by atoms with Crippen LogP contribution in [0.3, 0.4) is 0 Å². The molecule has 0 saturated carbocycles. The second-order valence-corrected chi connectivity index (χ2v) is 6.59. The Hall–Kier alpha value is -1.49. The maximum Gasteiger partial charge on any atom is 0.0769 e. The van der Waals surface area contributed by atoms with E-state index in [1.807, 2.05) is 12.4 Å². The van der Waals surface area contributed by atoms with Crippen molar-refractivity contribution in [1.29, 1.82) is 0 Å². The molecule has 0 bridgehead atoms. The maximum absolute atomic E-state index is 4.08. The Balaban J connectivity index is 1.84. The Morgan fingerprint density at radius 3 is 2.05 bits per heavy atom. The van der Waals surface area contributed by atoms with E-state index in [1.54, 1.807) is 22.7 Å². The van der Waals surface area contributed by atoms with E-state index < -0.39 is 0 Å². The van der Waals surface area contributed by atoms with Gasteiger partial charge in [0, 0.05) is 28.2 Å². The molecule has 4 heteroatoms. The normalized spacial score (nSPS) is 12.7. The number of nitrogens with one attached hydrogen (secondary N) is 1. The van der Waals surface area contributed by atoms with Crippen molar-refractivity contribution >= 4 is 22.7 Å². The Kier molecular flexibility index (Phi) is 4.25. The van der Waals surface area contributed by atoms with Gasteiger partial charge >= 0.3 is 0 Å². The number of pyridine rings is 1. The average Bonchev–Trinajstić information content (AvgIpc) is 3.19. The minimum atomic E-state index is 0.262. The molecule has 0 saturated heterocycles. The molecule has 0 spiro atoms. The fourth-order valence-corrected chi connectivity index (χ4v) is 3.89.